The van der Waals surface area contributed by atoms with E-state index in [1.54, 1.807) is 18.3 Å². The third-order valence-electron chi connectivity index (χ3n) is 2.72. The fourth-order valence-electron chi connectivity index (χ4n) is 1.64. The molecule has 19 heavy (non-hydrogen) atoms. The minimum Gasteiger partial charge on any atom is -0.396 e. The summed E-state index contributed by atoms with van der Waals surface area (Å²) in [5.74, 6) is -0.193. The smallest absolute Gasteiger partial charge is 0.255 e. The van der Waals surface area contributed by atoms with Gasteiger partial charge in [-0.3, -0.25) is 9.78 Å². The van der Waals surface area contributed by atoms with Crippen LogP contribution in [0, 0.1) is 0 Å². The van der Waals surface area contributed by atoms with Crippen molar-refractivity contribution in [2.75, 3.05) is 30.0 Å². The summed E-state index contributed by atoms with van der Waals surface area (Å²) in [5, 5.41) is 2.77. The van der Waals surface area contributed by atoms with E-state index in [-0.39, 0.29) is 5.91 Å². The Morgan fingerprint density at radius 3 is 2.79 bits per heavy atom. The maximum atomic E-state index is 12.1. The van der Waals surface area contributed by atoms with E-state index in [2.05, 4.69) is 10.3 Å². The zero-order valence-corrected chi connectivity index (χ0v) is 10.9. The fraction of sp³-hybridized carbons (Fsp3) is 0.143. The van der Waals surface area contributed by atoms with Crippen LogP contribution in [0.1, 0.15) is 10.4 Å². The van der Waals surface area contributed by atoms with Gasteiger partial charge in [-0.1, -0.05) is 6.07 Å². The monoisotopic (exact) mass is 256 g/mol. The maximum absolute atomic E-state index is 12.1. The van der Waals surface area contributed by atoms with E-state index in [0.717, 1.165) is 5.69 Å². The number of hydrogen-bond donors (Lipinski definition) is 2. The highest BCUT2D eigenvalue weighted by atomic mass is 16.1. The molecule has 0 aliphatic carbocycles. The second kappa shape index (κ2) is 5.39. The Morgan fingerprint density at radius 1 is 1.32 bits per heavy atom. The van der Waals surface area contributed by atoms with E-state index < -0.39 is 0 Å². The molecule has 98 valence electrons. The van der Waals surface area contributed by atoms with Crippen LogP contribution in [0.4, 0.5) is 17.1 Å². The lowest BCUT2D eigenvalue weighted by molar-refractivity contribution is 0.102. The number of nitrogens with two attached hydrogens (primary N) is 1. The highest BCUT2D eigenvalue weighted by molar-refractivity contribution is 6.06. The van der Waals surface area contributed by atoms with E-state index in [4.69, 9.17) is 5.73 Å². The predicted molar refractivity (Wildman–Crippen MR) is 77.4 cm³/mol. The van der Waals surface area contributed by atoms with E-state index >= 15 is 0 Å². The van der Waals surface area contributed by atoms with Crippen molar-refractivity contribution in [3.8, 4) is 0 Å². The van der Waals surface area contributed by atoms with Gasteiger partial charge in [0, 0.05) is 31.5 Å². The quantitative estimate of drug-likeness (QED) is 0.881. The molecule has 0 saturated heterocycles. The number of benzene rings is 1. The Balaban J connectivity index is 2.21. The molecule has 5 nitrogen and oxygen atoms in total. The zero-order valence-electron chi connectivity index (χ0n) is 10.9. The SMILES string of the molecule is CN(C)c1cccc(C(=O)Nc2ccncc2N)c1. The topological polar surface area (TPSA) is 71.2 Å². The standard InChI is InChI=1S/C14H16N4O/c1-18(2)11-5-3-4-10(8-11)14(19)17-13-6-7-16-9-12(13)15/h3-9H,15H2,1-2H3,(H,16,17,19). The van der Waals surface area contributed by atoms with Gasteiger partial charge in [-0.15, -0.1) is 0 Å². The summed E-state index contributed by atoms with van der Waals surface area (Å²) in [6.07, 6.45) is 3.09. The molecule has 1 aromatic carbocycles. The molecule has 0 radical (unpaired) electrons. The number of amides is 1. The molecule has 1 heterocycles. The molecule has 0 aliphatic rings. The molecule has 0 unspecified atom stereocenters. The van der Waals surface area contributed by atoms with Gasteiger partial charge >= 0.3 is 0 Å². The van der Waals surface area contributed by atoms with Crippen LogP contribution >= 0.6 is 0 Å². The van der Waals surface area contributed by atoms with Crippen molar-refractivity contribution in [1.82, 2.24) is 4.98 Å². The third kappa shape index (κ3) is 3.01. The van der Waals surface area contributed by atoms with Gasteiger partial charge in [-0.25, -0.2) is 0 Å². The summed E-state index contributed by atoms with van der Waals surface area (Å²) in [7, 11) is 3.86. The third-order valence-corrected chi connectivity index (χ3v) is 2.72. The minimum atomic E-state index is -0.193. The summed E-state index contributed by atoms with van der Waals surface area (Å²) < 4.78 is 0. The molecule has 5 heteroatoms. The molecule has 0 bridgehead atoms. The van der Waals surface area contributed by atoms with Crippen LogP contribution in [0.3, 0.4) is 0 Å². The summed E-state index contributed by atoms with van der Waals surface area (Å²) in [5.41, 5.74) is 8.30. The fourth-order valence-corrected chi connectivity index (χ4v) is 1.64. The normalized spacial score (nSPS) is 10.0. The number of anilines is 3. The van der Waals surface area contributed by atoms with Crippen molar-refractivity contribution in [3.05, 3.63) is 48.3 Å². The largest absolute Gasteiger partial charge is 0.396 e. The Hall–Kier alpha value is -2.56. The molecule has 0 spiro atoms. The van der Waals surface area contributed by atoms with Crippen LogP contribution in [0.25, 0.3) is 0 Å². The first-order chi connectivity index (χ1) is 9.08. The van der Waals surface area contributed by atoms with Crippen LogP contribution in [-0.4, -0.2) is 25.0 Å². The van der Waals surface area contributed by atoms with Crippen LogP contribution in [0.15, 0.2) is 42.7 Å². The first-order valence-electron chi connectivity index (χ1n) is 5.86. The molecule has 1 amide bonds. The molecular formula is C14H16N4O. The summed E-state index contributed by atoms with van der Waals surface area (Å²) in [6.45, 7) is 0. The molecule has 0 fully saturated rings. The molecule has 1 aromatic heterocycles. The number of aromatic nitrogens is 1. The Labute approximate surface area is 112 Å². The average molecular weight is 256 g/mol. The molecule has 2 aromatic rings. The lowest BCUT2D eigenvalue weighted by Gasteiger charge is -2.13. The van der Waals surface area contributed by atoms with Crippen molar-refractivity contribution in [3.63, 3.8) is 0 Å². The molecule has 0 aliphatic heterocycles. The van der Waals surface area contributed by atoms with Gasteiger partial charge in [-0.2, -0.15) is 0 Å². The molecule has 2 rings (SSSR count). The Morgan fingerprint density at radius 2 is 2.11 bits per heavy atom. The van der Waals surface area contributed by atoms with E-state index in [1.165, 1.54) is 6.20 Å². The maximum Gasteiger partial charge on any atom is 0.255 e. The summed E-state index contributed by atoms with van der Waals surface area (Å²) in [6, 6.07) is 9.05. The van der Waals surface area contributed by atoms with Gasteiger partial charge in [0.25, 0.3) is 5.91 Å². The van der Waals surface area contributed by atoms with Gasteiger partial charge < -0.3 is 16.0 Å². The Kier molecular flexibility index (Phi) is 3.66. The average Bonchev–Trinajstić information content (AvgIpc) is 2.41. The number of carbonyl (C=O) groups excluding carboxylic acids is 1. The van der Waals surface area contributed by atoms with Gasteiger partial charge in [0.15, 0.2) is 0 Å². The first kappa shape index (κ1) is 12.9. The number of nitrogen functional groups attached to an aromatic ring is 1. The van der Waals surface area contributed by atoms with Gasteiger partial charge in [0.2, 0.25) is 0 Å². The molecule has 3 N–H and O–H groups in total. The number of nitrogens with one attached hydrogen (secondary N) is 1. The molecule has 0 saturated carbocycles. The van der Waals surface area contributed by atoms with Crippen LogP contribution in [0.5, 0.6) is 0 Å². The van der Waals surface area contributed by atoms with Crippen molar-refractivity contribution >= 4 is 23.0 Å². The second-order valence-corrected chi connectivity index (χ2v) is 4.36. The Bertz CT molecular complexity index is 596. The molecular weight excluding hydrogens is 240 g/mol. The van der Waals surface area contributed by atoms with Crippen molar-refractivity contribution < 1.29 is 4.79 Å². The predicted octanol–water partition coefficient (Wildman–Crippen LogP) is 1.98. The van der Waals surface area contributed by atoms with Crippen LogP contribution in [-0.2, 0) is 0 Å². The number of hydrogen-bond acceptors (Lipinski definition) is 4. The van der Waals surface area contributed by atoms with E-state index in [0.29, 0.717) is 16.9 Å². The highest BCUT2D eigenvalue weighted by Gasteiger charge is 2.09. The minimum absolute atomic E-state index is 0.193. The second-order valence-electron chi connectivity index (χ2n) is 4.36. The summed E-state index contributed by atoms with van der Waals surface area (Å²) >= 11 is 0. The van der Waals surface area contributed by atoms with E-state index in [9.17, 15) is 4.79 Å². The zero-order chi connectivity index (χ0) is 13.8. The first-order valence-corrected chi connectivity index (χ1v) is 5.86. The highest BCUT2D eigenvalue weighted by Crippen LogP contribution is 2.18. The van der Waals surface area contributed by atoms with Crippen LogP contribution in [0.2, 0.25) is 0 Å². The number of carbonyl (C=O) groups is 1. The number of nitrogens with zero attached hydrogens (tertiary/aromatic N) is 2. The summed E-state index contributed by atoms with van der Waals surface area (Å²) in [4.78, 5) is 18.0. The lowest BCUT2D eigenvalue weighted by atomic mass is 10.1. The van der Waals surface area contributed by atoms with E-state index in [1.807, 2.05) is 37.2 Å². The van der Waals surface area contributed by atoms with Gasteiger partial charge in [-0.05, 0) is 24.3 Å². The van der Waals surface area contributed by atoms with Crippen LogP contribution < -0.4 is 16.0 Å². The number of rotatable bonds is 3. The lowest BCUT2D eigenvalue weighted by Crippen LogP contribution is -2.15. The number of pyridine rings is 1. The van der Waals surface area contributed by atoms with Crippen molar-refractivity contribution in [2.45, 2.75) is 0 Å². The van der Waals surface area contributed by atoms with Crippen molar-refractivity contribution in [1.29, 1.82) is 0 Å². The molecule has 0 atom stereocenters. The van der Waals surface area contributed by atoms with Gasteiger partial charge in [0.1, 0.15) is 0 Å². The van der Waals surface area contributed by atoms with Crippen molar-refractivity contribution in [2.24, 2.45) is 0 Å². The van der Waals surface area contributed by atoms with Gasteiger partial charge in [0.05, 0.1) is 17.6 Å².